The highest BCUT2D eigenvalue weighted by Crippen LogP contribution is 2.33. The molecule has 2 saturated heterocycles. The van der Waals surface area contributed by atoms with Gasteiger partial charge in [0.2, 0.25) is 11.8 Å². The molecule has 2 aliphatic heterocycles. The van der Waals surface area contributed by atoms with Crippen molar-refractivity contribution in [3.8, 4) is 0 Å². The smallest absolute Gasteiger partial charge is 0.240 e. The summed E-state index contributed by atoms with van der Waals surface area (Å²) in [6, 6.07) is 10.6. The van der Waals surface area contributed by atoms with E-state index in [9.17, 15) is 9.59 Å². The number of piperazine rings is 1. The third-order valence-corrected chi connectivity index (χ3v) is 7.72. The van der Waals surface area contributed by atoms with Crippen LogP contribution in [0.15, 0.2) is 30.3 Å². The van der Waals surface area contributed by atoms with Crippen LogP contribution >= 0.6 is 0 Å². The number of likely N-dealkylation sites (tertiary alicyclic amines) is 1. The number of amides is 2. The van der Waals surface area contributed by atoms with Gasteiger partial charge in [-0.05, 0) is 56.9 Å². The number of carbonyl (C=O) groups is 2. The third-order valence-electron chi connectivity index (χ3n) is 7.72. The number of carbonyl (C=O) groups excluding carboxylic acids is 2. The number of nitrogens with zero attached hydrogens (tertiary/aromatic N) is 3. The van der Waals surface area contributed by atoms with Crippen LogP contribution in [0.3, 0.4) is 0 Å². The zero-order valence-corrected chi connectivity index (χ0v) is 19.2. The molecule has 3 aliphatic rings. The molecular weight excluding hydrogens is 386 g/mol. The van der Waals surface area contributed by atoms with Crippen molar-refractivity contribution < 1.29 is 9.59 Å². The average molecular weight is 426 g/mol. The Kier molecular flexibility index (Phi) is 7.65. The number of hydrogen-bond donors (Lipinski definition) is 0. The topological polar surface area (TPSA) is 43.9 Å². The summed E-state index contributed by atoms with van der Waals surface area (Å²) in [5.41, 5.74) is 1.22. The first-order valence-electron chi connectivity index (χ1n) is 12.5. The van der Waals surface area contributed by atoms with E-state index in [-0.39, 0.29) is 11.9 Å². The van der Waals surface area contributed by atoms with Crippen LogP contribution in [0.1, 0.15) is 63.9 Å². The fraction of sp³-hybridized carbons (Fsp3) is 0.692. The summed E-state index contributed by atoms with van der Waals surface area (Å²) in [6.07, 6.45) is 9.73. The van der Waals surface area contributed by atoms with Crippen molar-refractivity contribution in [2.24, 2.45) is 5.92 Å². The Hall–Kier alpha value is -1.88. The van der Waals surface area contributed by atoms with Crippen molar-refractivity contribution in [3.05, 3.63) is 35.9 Å². The van der Waals surface area contributed by atoms with Crippen LogP contribution in [0.25, 0.3) is 0 Å². The van der Waals surface area contributed by atoms with Gasteiger partial charge in [0.1, 0.15) is 0 Å². The summed E-state index contributed by atoms with van der Waals surface area (Å²) < 4.78 is 0. The molecule has 0 radical (unpaired) electrons. The molecule has 1 aliphatic carbocycles. The van der Waals surface area contributed by atoms with Crippen molar-refractivity contribution in [2.45, 2.75) is 76.8 Å². The average Bonchev–Trinajstić information content (AvgIpc) is 3.33. The van der Waals surface area contributed by atoms with Gasteiger partial charge in [-0.3, -0.25) is 14.5 Å². The second kappa shape index (κ2) is 10.6. The molecule has 0 spiro atoms. The molecule has 5 nitrogen and oxygen atoms in total. The highest BCUT2D eigenvalue weighted by Gasteiger charge is 2.40. The number of aryl methyl sites for hydroxylation is 1. The van der Waals surface area contributed by atoms with Crippen molar-refractivity contribution in [1.29, 1.82) is 0 Å². The van der Waals surface area contributed by atoms with E-state index >= 15 is 0 Å². The minimum absolute atomic E-state index is 0.0182. The lowest BCUT2D eigenvalue weighted by atomic mass is 9.92. The molecule has 2 heterocycles. The van der Waals surface area contributed by atoms with Gasteiger partial charge in [-0.15, -0.1) is 0 Å². The molecule has 4 rings (SSSR count). The predicted octanol–water partition coefficient (Wildman–Crippen LogP) is 3.72. The first-order chi connectivity index (χ1) is 15.1. The largest absolute Gasteiger partial charge is 0.340 e. The van der Waals surface area contributed by atoms with E-state index in [1.54, 1.807) is 0 Å². The molecule has 1 aromatic rings. The van der Waals surface area contributed by atoms with Crippen molar-refractivity contribution in [2.75, 3.05) is 32.7 Å². The SMILES string of the molecule is C[C@H]1CCCCN1C(=O)[C@H](C1CCCC1)N1CCN(C(=O)CCc2ccccc2)CC1. The maximum atomic E-state index is 13.7. The molecular formula is C26H39N3O2. The van der Waals surface area contributed by atoms with Crippen LogP contribution < -0.4 is 0 Å². The van der Waals surface area contributed by atoms with E-state index in [1.165, 1.54) is 37.7 Å². The lowest BCUT2D eigenvalue weighted by Gasteiger charge is -2.44. The van der Waals surface area contributed by atoms with Crippen LogP contribution in [0, 0.1) is 5.92 Å². The summed E-state index contributed by atoms with van der Waals surface area (Å²) in [4.78, 5) is 33.0. The van der Waals surface area contributed by atoms with Gasteiger partial charge in [-0.2, -0.15) is 0 Å². The van der Waals surface area contributed by atoms with Crippen LogP contribution in [0.5, 0.6) is 0 Å². The Morgan fingerprint density at radius 2 is 1.58 bits per heavy atom. The summed E-state index contributed by atoms with van der Waals surface area (Å²) >= 11 is 0. The standard InChI is InChI=1S/C26H39N3O2/c1-21-9-7-8-16-29(21)26(31)25(23-12-5-6-13-23)28-19-17-27(18-20-28)24(30)15-14-22-10-3-2-4-11-22/h2-4,10-11,21,23,25H,5-9,12-20H2,1H3/t21-,25-/m0/s1. The van der Waals surface area contributed by atoms with Gasteiger partial charge in [-0.25, -0.2) is 0 Å². The highest BCUT2D eigenvalue weighted by molar-refractivity contribution is 5.83. The van der Waals surface area contributed by atoms with Crippen LogP contribution in [0.4, 0.5) is 0 Å². The third kappa shape index (κ3) is 5.49. The number of hydrogen-bond acceptors (Lipinski definition) is 3. The van der Waals surface area contributed by atoms with E-state index in [2.05, 4.69) is 28.9 Å². The van der Waals surface area contributed by atoms with Crippen molar-refractivity contribution >= 4 is 11.8 Å². The molecule has 1 aromatic carbocycles. The first kappa shape index (κ1) is 22.3. The van der Waals surface area contributed by atoms with E-state index < -0.39 is 0 Å². The van der Waals surface area contributed by atoms with E-state index in [0.29, 0.717) is 24.3 Å². The van der Waals surface area contributed by atoms with Gasteiger partial charge in [-0.1, -0.05) is 43.2 Å². The fourth-order valence-corrected chi connectivity index (χ4v) is 5.83. The predicted molar refractivity (Wildman–Crippen MR) is 124 cm³/mol. The Labute approximate surface area is 187 Å². The number of rotatable bonds is 6. The van der Waals surface area contributed by atoms with Crippen molar-refractivity contribution in [3.63, 3.8) is 0 Å². The normalized spacial score (nSPS) is 24.4. The van der Waals surface area contributed by atoms with Crippen LogP contribution in [-0.4, -0.2) is 71.3 Å². The fourth-order valence-electron chi connectivity index (χ4n) is 5.83. The summed E-state index contributed by atoms with van der Waals surface area (Å²) in [6.45, 7) is 6.28. The maximum Gasteiger partial charge on any atom is 0.240 e. The Morgan fingerprint density at radius 1 is 0.903 bits per heavy atom. The Bertz CT molecular complexity index is 723. The lowest BCUT2D eigenvalue weighted by Crippen LogP contribution is -2.60. The molecule has 31 heavy (non-hydrogen) atoms. The molecule has 1 saturated carbocycles. The number of piperidine rings is 1. The molecule has 0 aromatic heterocycles. The molecule has 0 N–H and O–H groups in total. The summed E-state index contributed by atoms with van der Waals surface area (Å²) in [5.74, 6) is 1.10. The molecule has 3 fully saturated rings. The van der Waals surface area contributed by atoms with Gasteiger partial charge in [0.15, 0.2) is 0 Å². The summed E-state index contributed by atoms with van der Waals surface area (Å²) in [7, 11) is 0. The van der Waals surface area contributed by atoms with Crippen LogP contribution in [-0.2, 0) is 16.0 Å². The monoisotopic (exact) mass is 425 g/mol. The lowest BCUT2D eigenvalue weighted by molar-refractivity contribution is -0.144. The second-order valence-corrected chi connectivity index (χ2v) is 9.77. The van der Waals surface area contributed by atoms with Crippen molar-refractivity contribution in [1.82, 2.24) is 14.7 Å². The minimum Gasteiger partial charge on any atom is -0.340 e. The first-order valence-corrected chi connectivity index (χ1v) is 12.5. The number of benzene rings is 1. The molecule has 2 atom stereocenters. The van der Waals surface area contributed by atoms with Gasteiger partial charge in [0.05, 0.1) is 6.04 Å². The van der Waals surface area contributed by atoms with E-state index in [1.807, 2.05) is 23.1 Å². The van der Waals surface area contributed by atoms with E-state index in [0.717, 1.165) is 52.0 Å². The van der Waals surface area contributed by atoms with Gasteiger partial charge < -0.3 is 9.80 Å². The quantitative estimate of drug-likeness (QED) is 0.698. The van der Waals surface area contributed by atoms with Gasteiger partial charge in [0.25, 0.3) is 0 Å². The highest BCUT2D eigenvalue weighted by atomic mass is 16.2. The van der Waals surface area contributed by atoms with Gasteiger partial charge >= 0.3 is 0 Å². The summed E-state index contributed by atoms with van der Waals surface area (Å²) in [5, 5.41) is 0. The maximum absolute atomic E-state index is 13.7. The molecule has 170 valence electrons. The van der Waals surface area contributed by atoms with E-state index in [4.69, 9.17) is 0 Å². The zero-order chi connectivity index (χ0) is 21.6. The molecule has 5 heteroatoms. The van der Waals surface area contributed by atoms with Gasteiger partial charge in [0, 0.05) is 45.2 Å². The Balaban J connectivity index is 1.34. The molecule has 0 bridgehead atoms. The molecule has 0 unspecified atom stereocenters. The minimum atomic E-state index is 0.0182. The zero-order valence-electron chi connectivity index (χ0n) is 19.2. The van der Waals surface area contributed by atoms with Crippen LogP contribution in [0.2, 0.25) is 0 Å². The molecule has 2 amide bonds. The Morgan fingerprint density at radius 3 is 2.26 bits per heavy atom. The second-order valence-electron chi connectivity index (χ2n) is 9.77.